The lowest BCUT2D eigenvalue weighted by atomic mass is 10.1. The Bertz CT molecular complexity index is 520. The molecule has 1 aliphatic heterocycles. The van der Waals surface area contributed by atoms with Crippen LogP contribution in [0.2, 0.25) is 0 Å². The van der Waals surface area contributed by atoms with Crippen LogP contribution in [-0.4, -0.2) is 11.6 Å². The van der Waals surface area contributed by atoms with Crippen LogP contribution in [0, 0.1) is 9.52 Å². The number of rotatable bonds is 0. The molecule has 14 heavy (non-hydrogen) atoms. The Morgan fingerprint density at radius 1 is 1.43 bits per heavy atom. The summed E-state index contributed by atoms with van der Waals surface area (Å²) in [5.41, 5.74) is 1.53. The normalized spacial score (nSPS) is 14.4. The van der Waals surface area contributed by atoms with E-state index in [1.807, 2.05) is 6.07 Å². The summed E-state index contributed by atoms with van der Waals surface area (Å²) in [4.78, 5) is 3.10. The summed E-state index contributed by atoms with van der Waals surface area (Å²) < 4.78 is 20.0. The largest absolute Gasteiger partial charge is 0.492 e. The highest BCUT2D eigenvalue weighted by atomic mass is 127. The fraction of sp³-hybridized carbons (Fsp3) is 0.200. The molecule has 2 heterocycles. The van der Waals surface area contributed by atoms with E-state index in [9.17, 15) is 4.39 Å². The maximum atomic E-state index is 13.5. The fourth-order valence-electron chi connectivity index (χ4n) is 1.88. The molecule has 0 atom stereocenters. The average Bonchev–Trinajstić information content (AvgIpc) is 2.69. The van der Waals surface area contributed by atoms with Crippen LogP contribution in [0.5, 0.6) is 5.75 Å². The van der Waals surface area contributed by atoms with Crippen LogP contribution < -0.4 is 4.74 Å². The molecule has 1 aliphatic rings. The Labute approximate surface area is 93.6 Å². The highest BCUT2D eigenvalue weighted by Gasteiger charge is 2.21. The molecule has 0 spiro atoms. The van der Waals surface area contributed by atoms with Crippen LogP contribution >= 0.6 is 22.6 Å². The van der Waals surface area contributed by atoms with Crippen LogP contribution in [0.4, 0.5) is 4.39 Å². The van der Waals surface area contributed by atoms with E-state index in [1.165, 1.54) is 0 Å². The number of nitrogens with one attached hydrogen (secondary N) is 1. The molecule has 1 aromatic heterocycles. The third kappa shape index (κ3) is 1.06. The van der Waals surface area contributed by atoms with E-state index in [-0.39, 0.29) is 5.82 Å². The predicted molar refractivity (Wildman–Crippen MR) is 60.2 cm³/mol. The van der Waals surface area contributed by atoms with Crippen molar-refractivity contribution in [2.24, 2.45) is 0 Å². The van der Waals surface area contributed by atoms with E-state index in [2.05, 4.69) is 27.6 Å². The zero-order chi connectivity index (χ0) is 9.71. The number of H-pyrrole nitrogens is 1. The van der Waals surface area contributed by atoms with E-state index < -0.39 is 0 Å². The van der Waals surface area contributed by atoms with Crippen molar-refractivity contribution in [1.29, 1.82) is 0 Å². The van der Waals surface area contributed by atoms with E-state index in [4.69, 9.17) is 4.74 Å². The summed E-state index contributed by atoms with van der Waals surface area (Å²) in [6.07, 6.45) is 0.679. The Morgan fingerprint density at radius 3 is 3.14 bits per heavy atom. The average molecular weight is 303 g/mol. The number of benzene rings is 1. The monoisotopic (exact) mass is 303 g/mol. The Hall–Kier alpha value is -0.780. The second-order valence-electron chi connectivity index (χ2n) is 3.34. The van der Waals surface area contributed by atoms with Crippen molar-refractivity contribution in [3.63, 3.8) is 0 Å². The topological polar surface area (TPSA) is 25.0 Å². The predicted octanol–water partition coefficient (Wildman–Crippen LogP) is 2.85. The van der Waals surface area contributed by atoms with Gasteiger partial charge in [-0.3, -0.25) is 0 Å². The minimum atomic E-state index is -0.164. The number of halogens is 2. The van der Waals surface area contributed by atoms with Gasteiger partial charge in [-0.1, -0.05) is 0 Å². The molecule has 72 valence electrons. The van der Waals surface area contributed by atoms with Crippen molar-refractivity contribution in [3.8, 4) is 5.75 Å². The zero-order valence-electron chi connectivity index (χ0n) is 7.23. The number of aromatic nitrogens is 1. The first-order chi connectivity index (χ1) is 6.75. The summed E-state index contributed by atoms with van der Waals surface area (Å²) in [5.74, 6) is 0.558. The van der Waals surface area contributed by atoms with Crippen molar-refractivity contribution < 1.29 is 9.13 Å². The zero-order valence-corrected chi connectivity index (χ0v) is 9.39. The van der Waals surface area contributed by atoms with Gasteiger partial charge in [0.15, 0.2) is 0 Å². The molecule has 1 N–H and O–H groups in total. The van der Waals surface area contributed by atoms with E-state index in [1.54, 1.807) is 6.07 Å². The summed E-state index contributed by atoms with van der Waals surface area (Å²) in [5, 5.41) is 0.989. The highest BCUT2D eigenvalue weighted by Crippen LogP contribution is 2.36. The van der Waals surface area contributed by atoms with E-state index >= 15 is 0 Å². The van der Waals surface area contributed by atoms with Gasteiger partial charge in [-0.2, -0.15) is 0 Å². The van der Waals surface area contributed by atoms with Crippen LogP contribution in [0.1, 0.15) is 5.56 Å². The molecule has 0 saturated carbocycles. The van der Waals surface area contributed by atoms with Gasteiger partial charge >= 0.3 is 0 Å². The summed E-state index contributed by atoms with van der Waals surface area (Å²) in [6, 6.07) is 3.53. The molecular weight excluding hydrogens is 296 g/mol. The highest BCUT2D eigenvalue weighted by molar-refractivity contribution is 14.1. The summed E-state index contributed by atoms with van der Waals surface area (Å²) in [7, 11) is 0. The first-order valence-electron chi connectivity index (χ1n) is 4.38. The minimum absolute atomic E-state index is 0.164. The van der Waals surface area contributed by atoms with Gasteiger partial charge in [-0.15, -0.1) is 0 Å². The van der Waals surface area contributed by atoms with Crippen LogP contribution in [0.25, 0.3) is 10.9 Å². The van der Waals surface area contributed by atoms with Gasteiger partial charge in [-0.25, -0.2) is 4.39 Å². The van der Waals surface area contributed by atoms with E-state index in [0.717, 1.165) is 20.4 Å². The maximum absolute atomic E-state index is 13.5. The van der Waals surface area contributed by atoms with Crippen molar-refractivity contribution in [1.82, 2.24) is 4.98 Å². The summed E-state index contributed by atoms with van der Waals surface area (Å²) in [6.45, 7) is 0.590. The van der Waals surface area contributed by atoms with Gasteiger partial charge in [0, 0.05) is 17.4 Å². The van der Waals surface area contributed by atoms with Gasteiger partial charge in [0.05, 0.1) is 15.8 Å². The molecule has 4 heteroatoms. The molecule has 0 bridgehead atoms. The minimum Gasteiger partial charge on any atom is -0.492 e. The first kappa shape index (κ1) is 8.52. The second kappa shape index (κ2) is 2.85. The van der Waals surface area contributed by atoms with Crippen molar-refractivity contribution in [3.05, 3.63) is 27.2 Å². The molecule has 0 radical (unpaired) electrons. The molecule has 2 aromatic rings. The van der Waals surface area contributed by atoms with Gasteiger partial charge in [-0.05, 0) is 34.7 Å². The Morgan fingerprint density at radius 2 is 2.29 bits per heavy atom. The molecule has 3 rings (SSSR count). The lowest BCUT2D eigenvalue weighted by Gasteiger charge is -2.01. The third-order valence-electron chi connectivity index (χ3n) is 2.49. The van der Waals surface area contributed by atoms with Crippen molar-refractivity contribution >= 4 is 33.5 Å². The number of hydrogen-bond acceptors (Lipinski definition) is 1. The van der Waals surface area contributed by atoms with Gasteiger partial charge < -0.3 is 9.72 Å². The summed E-state index contributed by atoms with van der Waals surface area (Å²) >= 11 is 2.18. The quantitative estimate of drug-likeness (QED) is 0.744. The Balaban J connectivity index is 2.45. The molecule has 2 nitrogen and oxygen atoms in total. The van der Waals surface area contributed by atoms with Crippen LogP contribution in [0.3, 0.4) is 0 Å². The molecule has 0 unspecified atom stereocenters. The maximum Gasteiger partial charge on any atom is 0.134 e. The molecule has 1 aromatic carbocycles. The SMILES string of the molecule is Fc1cc2[nH]c(I)cc2c2c1CCO2. The van der Waals surface area contributed by atoms with Gasteiger partial charge in [0.25, 0.3) is 0 Å². The Kier molecular flexibility index (Phi) is 1.74. The molecule has 0 aliphatic carbocycles. The number of aromatic amines is 1. The lowest BCUT2D eigenvalue weighted by Crippen LogP contribution is -1.86. The van der Waals surface area contributed by atoms with Crippen LogP contribution in [-0.2, 0) is 6.42 Å². The third-order valence-corrected chi connectivity index (χ3v) is 3.07. The van der Waals surface area contributed by atoms with E-state index in [0.29, 0.717) is 18.6 Å². The van der Waals surface area contributed by atoms with Crippen LogP contribution in [0.15, 0.2) is 12.1 Å². The second-order valence-corrected chi connectivity index (χ2v) is 4.51. The standard InChI is InChI=1S/C10H7FINO/c11-7-4-8-6(3-9(12)13-8)10-5(7)1-2-14-10/h3-4,13H,1-2H2. The first-order valence-corrected chi connectivity index (χ1v) is 5.46. The molecule has 0 amide bonds. The van der Waals surface area contributed by atoms with Crippen molar-refractivity contribution in [2.45, 2.75) is 6.42 Å². The number of ether oxygens (including phenoxy) is 1. The molecule has 0 fully saturated rings. The smallest absolute Gasteiger partial charge is 0.134 e. The van der Waals surface area contributed by atoms with Gasteiger partial charge in [0.1, 0.15) is 11.6 Å². The van der Waals surface area contributed by atoms with Gasteiger partial charge in [0.2, 0.25) is 0 Å². The fourth-order valence-corrected chi connectivity index (χ4v) is 2.48. The van der Waals surface area contributed by atoms with Crippen molar-refractivity contribution in [2.75, 3.05) is 6.61 Å². The number of fused-ring (bicyclic) bond motifs is 3. The lowest BCUT2D eigenvalue weighted by molar-refractivity contribution is 0.360. The number of hydrogen-bond donors (Lipinski definition) is 1. The molecule has 0 saturated heterocycles. The molecular formula is C10H7FINO.